The highest BCUT2D eigenvalue weighted by Crippen LogP contribution is 2.14. The minimum absolute atomic E-state index is 0.117. The molecule has 0 saturated heterocycles. The van der Waals surface area contributed by atoms with Crippen LogP contribution in [0.3, 0.4) is 0 Å². The first-order chi connectivity index (χ1) is 12.1. The summed E-state index contributed by atoms with van der Waals surface area (Å²) >= 11 is 0. The van der Waals surface area contributed by atoms with E-state index in [-0.39, 0.29) is 11.4 Å². The van der Waals surface area contributed by atoms with E-state index in [4.69, 9.17) is 9.94 Å². The molecule has 0 aromatic heterocycles. The van der Waals surface area contributed by atoms with Crippen LogP contribution in [0.15, 0.2) is 5.28 Å². The van der Waals surface area contributed by atoms with E-state index in [1.54, 1.807) is 0 Å². The molecule has 0 aliphatic heterocycles. The number of nitrogens with zero attached hydrogens (tertiary/aromatic N) is 2. The average molecular weight is 359 g/mol. The van der Waals surface area contributed by atoms with Gasteiger partial charge in [-0.2, -0.15) is 0 Å². The number of ether oxygens (including phenoxy) is 1. The van der Waals surface area contributed by atoms with Crippen molar-refractivity contribution in [3.05, 3.63) is 5.21 Å². The molecule has 0 heterocycles. The van der Waals surface area contributed by atoms with Crippen molar-refractivity contribution in [3.8, 4) is 0 Å². The van der Waals surface area contributed by atoms with E-state index >= 15 is 0 Å². The van der Waals surface area contributed by atoms with Crippen molar-refractivity contribution in [2.45, 2.75) is 110 Å². The van der Waals surface area contributed by atoms with Crippen LogP contribution in [0, 0.1) is 5.21 Å². The Hall–Kier alpha value is -1.33. The molecule has 6 heteroatoms. The van der Waals surface area contributed by atoms with Gasteiger partial charge in [-0.25, -0.2) is 0 Å². The number of hydrogen-bond donors (Lipinski definition) is 1. The Morgan fingerprint density at radius 3 is 1.80 bits per heavy atom. The molecular weight excluding hydrogens is 320 g/mol. The molecule has 0 aliphatic carbocycles. The van der Waals surface area contributed by atoms with Crippen molar-refractivity contribution >= 4 is 5.97 Å². The quantitative estimate of drug-likeness (QED) is 0.118. The molecule has 0 saturated carbocycles. The van der Waals surface area contributed by atoms with Gasteiger partial charge in [0.1, 0.15) is 0 Å². The van der Waals surface area contributed by atoms with Crippen LogP contribution >= 0.6 is 0 Å². The van der Waals surface area contributed by atoms with Crippen molar-refractivity contribution < 1.29 is 19.6 Å². The van der Waals surface area contributed by atoms with Crippen LogP contribution < -0.4 is 0 Å². The third-order valence-corrected chi connectivity index (χ3v) is 4.42. The highest BCUT2D eigenvalue weighted by molar-refractivity contribution is 5.66. The largest absolute Gasteiger partial charge is 0.597 e. The normalized spacial score (nSPS) is 13.0. The molecule has 0 bridgehead atoms. The second-order valence-electron chi connectivity index (χ2n) is 6.89. The van der Waals surface area contributed by atoms with Gasteiger partial charge in [0.05, 0.1) is 0 Å². The third-order valence-electron chi connectivity index (χ3n) is 4.42. The van der Waals surface area contributed by atoms with Crippen LogP contribution in [-0.4, -0.2) is 28.7 Å². The van der Waals surface area contributed by atoms with E-state index in [9.17, 15) is 10.0 Å². The van der Waals surface area contributed by atoms with Crippen molar-refractivity contribution in [2.24, 2.45) is 5.28 Å². The van der Waals surface area contributed by atoms with E-state index < -0.39 is 12.1 Å². The highest BCUT2D eigenvalue weighted by Gasteiger charge is 2.17. The van der Waals surface area contributed by atoms with Gasteiger partial charge >= 0.3 is 5.97 Å². The first-order valence-electron chi connectivity index (χ1n) is 10.1. The zero-order valence-electron chi connectivity index (χ0n) is 16.3. The Labute approximate surface area is 153 Å². The highest BCUT2D eigenvalue weighted by atomic mass is 16.6. The number of hydroxylamine groups is 1. The molecule has 1 atom stereocenters. The fourth-order valence-electron chi connectivity index (χ4n) is 3.02. The first-order valence-corrected chi connectivity index (χ1v) is 10.1. The lowest BCUT2D eigenvalue weighted by Gasteiger charge is -2.14. The van der Waals surface area contributed by atoms with Crippen LogP contribution in [0.4, 0.5) is 0 Å². The molecule has 0 amide bonds. The SMILES string of the molecule is CCCCCCCCCCCCCCCC(C[N+]([O-])=NO)OC(C)=O. The molecular formula is C19H38N2O4. The minimum atomic E-state index is -0.501. The van der Waals surface area contributed by atoms with Gasteiger partial charge in [0.25, 0.3) is 0 Å². The van der Waals surface area contributed by atoms with E-state index in [1.165, 1.54) is 77.6 Å². The third kappa shape index (κ3) is 17.3. The maximum atomic E-state index is 11.0. The van der Waals surface area contributed by atoms with Gasteiger partial charge in [0.2, 0.25) is 6.54 Å². The molecule has 0 fully saturated rings. The molecule has 148 valence electrons. The maximum Gasteiger partial charge on any atom is 0.303 e. The van der Waals surface area contributed by atoms with Crippen LogP contribution in [0.2, 0.25) is 0 Å². The van der Waals surface area contributed by atoms with Crippen molar-refractivity contribution in [2.75, 3.05) is 6.54 Å². The molecule has 6 nitrogen and oxygen atoms in total. The molecule has 1 N–H and O–H groups in total. The average Bonchev–Trinajstić information content (AvgIpc) is 2.58. The van der Waals surface area contributed by atoms with Crippen molar-refractivity contribution in [1.82, 2.24) is 0 Å². The number of carbonyl (C=O) groups excluding carboxylic acids is 1. The second-order valence-corrected chi connectivity index (χ2v) is 6.89. The van der Waals surface area contributed by atoms with Crippen LogP contribution in [0.25, 0.3) is 0 Å². The summed E-state index contributed by atoms with van der Waals surface area (Å²) in [6.07, 6.45) is 16.7. The van der Waals surface area contributed by atoms with Gasteiger partial charge in [-0.1, -0.05) is 88.8 Å². The topological polar surface area (TPSA) is 85.0 Å². The van der Waals surface area contributed by atoms with Gasteiger partial charge in [-0.05, 0) is 12.8 Å². The van der Waals surface area contributed by atoms with Crippen LogP contribution in [-0.2, 0) is 9.53 Å². The lowest BCUT2D eigenvalue weighted by molar-refractivity contribution is -0.563. The lowest BCUT2D eigenvalue weighted by Crippen LogP contribution is -2.25. The number of carbonyl (C=O) groups is 1. The molecule has 1 unspecified atom stereocenters. The smallest absolute Gasteiger partial charge is 0.303 e. The number of hydrogen-bond acceptors (Lipinski definition) is 4. The van der Waals surface area contributed by atoms with Gasteiger partial charge < -0.3 is 15.2 Å². The standard InChI is InChI=1S/C19H38N2O4/c1-3-4-5-6-7-8-9-10-11-12-13-14-15-16-19(25-18(2)22)17-21(24)20-23/h19,23H,3-17H2,1-2H3. The Kier molecular flexibility index (Phi) is 16.6. The molecule has 0 radical (unpaired) electrons. The number of esters is 1. The Morgan fingerprint density at radius 2 is 1.40 bits per heavy atom. The summed E-state index contributed by atoms with van der Waals surface area (Å²) in [5, 5.41) is 22.0. The van der Waals surface area contributed by atoms with Gasteiger partial charge in [0.15, 0.2) is 11.4 Å². The Balaban J connectivity index is 3.49. The Morgan fingerprint density at radius 1 is 0.960 bits per heavy atom. The molecule has 25 heavy (non-hydrogen) atoms. The summed E-state index contributed by atoms with van der Waals surface area (Å²) in [6, 6.07) is 0. The van der Waals surface area contributed by atoms with E-state index in [0.29, 0.717) is 6.42 Å². The molecule has 0 aromatic rings. The van der Waals surface area contributed by atoms with Crippen molar-refractivity contribution in [3.63, 3.8) is 0 Å². The van der Waals surface area contributed by atoms with E-state index in [0.717, 1.165) is 12.8 Å². The van der Waals surface area contributed by atoms with Gasteiger partial charge in [-0.3, -0.25) is 4.79 Å². The monoisotopic (exact) mass is 358 g/mol. The fraction of sp³-hybridized carbons (Fsp3) is 0.947. The summed E-state index contributed by atoms with van der Waals surface area (Å²) in [4.78, 5) is 11.2. The second kappa shape index (κ2) is 17.5. The minimum Gasteiger partial charge on any atom is -0.597 e. The molecule has 0 spiro atoms. The summed E-state index contributed by atoms with van der Waals surface area (Å²) < 4.78 is 5.08. The molecule has 0 aliphatic rings. The zero-order chi connectivity index (χ0) is 18.8. The van der Waals surface area contributed by atoms with E-state index in [1.807, 2.05) is 0 Å². The molecule has 0 aromatic carbocycles. The zero-order valence-corrected chi connectivity index (χ0v) is 16.3. The summed E-state index contributed by atoms with van der Waals surface area (Å²) in [6.45, 7) is 3.45. The lowest BCUT2D eigenvalue weighted by atomic mass is 10.0. The van der Waals surface area contributed by atoms with Gasteiger partial charge in [0, 0.05) is 6.92 Å². The molecule has 0 rings (SSSR count). The van der Waals surface area contributed by atoms with Crippen LogP contribution in [0.1, 0.15) is 104 Å². The summed E-state index contributed by atoms with van der Waals surface area (Å²) in [5.74, 6) is -0.411. The number of unbranched alkanes of at least 4 members (excludes halogenated alkanes) is 12. The first kappa shape index (κ1) is 23.7. The van der Waals surface area contributed by atoms with Crippen molar-refractivity contribution in [1.29, 1.82) is 0 Å². The number of rotatable bonds is 17. The predicted octanol–water partition coefficient (Wildman–Crippen LogP) is 5.75. The van der Waals surface area contributed by atoms with Crippen LogP contribution in [0.5, 0.6) is 0 Å². The Bertz CT molecular complexity index is 348. The summed E-state index contributed by atoms with van der Waals surface area (Å²) in [7, 11) is 0. The van der Waals surface area contributed by atoms with E-state index in [2.05, 4.69) is 12.2 Å². The summed E-state index contributed by atoms with van der Waals surface area (Å²) in [5.41, 5.74) is 0. The van der Waals surface area contributed by atoms with Gasteiger partial charge in [-0.15, -0.1) is 0 Å². The maximum absolute atomic E-state index is 11.0. The fourth-order valence-corrected chi connectivity index (χ4v) is 3.02. The predicted molar refractivity (Wildman–Crippen MR) is 98.6 cm³/mol.